The molecule has 78 valence electrons. The molecule has 0 amide bonds. The Morgan fingerprint density at radius 1 is 1.36 bits per heavy atom. The van der Waals surface area contributed by atoms with Crippen molar-refractivity contribution in [3.8, 4) is 0 Å². The molecule has 3 heteroatoms. The van der Waals surface area contributed by atoms with Crippen LogP contribution in [0.15, 0.2) is 28.7 Å². The molecule has 0 fully saturated rings. The number of hydrogen-bond donors (Lipinski definition) is 2. The molecular formula is C11H16BrNO. The summed E-state index contributed by atoms with van der Waals surface area (Å²) in [6.07, 6.45) is 0.704. The number of hydrogen-bond acceptors (Lipinski definition) is 2. The van der Waals surface area contributed by atoms with Gasteiger partial charge in [-0.3, -0.25) is 0 Å². The Morgan fingerprint density at radius 3 is 2.36 bits per heavy atom. The van der Waals surface area contributed by atoms with E-state index in [0.29, 0.717) is 13.0 Å². The van der Waals surface area contributed by atoms with Crippen molar-refractivity contribution < 1.29 is 5.11 Å². The summed E-state index contributed by atoms with van der Waals surface area (Å²) in [5.74, 6) is 0. The molecule has 1 aromatic rings. The number of aliphatic hydroxyl groups is 1. The second-order valence-electron chi connectivity index (χ2n) is 3.42. The highest BCUT2D eigenvalue weighted by Crippen LogP contribution is 2.25. The van der Waals surface area contributed by atoms with Gasteiger partial charge in [0.1, 0.15) is 5.60 Å². The van der Waals surface area contributed by atoms with Crippen LogP contribution in [-0.2, 0) is 5.60 Å². The normalized spacial score (nSPS) is 15.1. The SMILES string of the molecule is CCC(O)(CNC)c1ccc(Br)cc1. The Hall–Kier alpha value is -0.380. The first-order valence-electron chi connectivity index (χ1n) is 4.75. The van der Waals surface area contributed by atoms with Gasteiger partial charge in [-0.15, -0.1) is 0 Å². The molecule has 0 spiro atoms. The van der Waals surface area contributed by atoms with Gasteiger partial charge in [-0.1, -0.05) is 35.0 Å². The molecule has 0 saturated carbocycles. The van der Waals surface area contributed by atoms with E-state index >= 15 is 0 Å². The highest BCUT2D eigenvalue weighted by molar-refractivity contribution is 9.10. The summed E-state index contributed by atoms with van der Waals surface area (Å²) in [6, 6.07) is 7.80. The van der Waals surface area contributed by atoms with Crippen molar-refractivity contribution in [3.63, 3.8) is 0 Å². The van der Waals surface area contributed by atoms with E-state index in [4.69, 9.17) is 0 Å². The number of rotatable bonds is 4. The third-order valence-corrected chi connectivity index (χ3v) is 2.96. The molecule has 1 aromatic carbocycles. The highest BCUT2D eigenvalue weighted by Gasteiger charge is 2.25. The Morgan fingerprint density at radius 2 is 1.93 bits per heavy atom. The predicted molar refractivity (Wildman–Crippen MR) is 62.3 cm³/mol. The fourth-order valence-electron chi connectivity index (χ4n) is 1.48. The van der Waals surface area contributed by atoms with Crippen LogP contribution in [0.2, 0.25) is 0 Å². The van der Waals surface area contributed by atoms with Crippen LogP contribution < -0.4 is 5.32 Å². The zero-order valence-electron chi connectivity index (χ0n) is 8.55. The van der Waals surface area contributed by atoms with Crippen molar-refractivity contribution in [2.45, 2.75) is 18.9 Å². The van der Waals surface area contributed by atoms with Crippen LogP contribution in [0, 0.1) is 0 Å². The lowest BCUT2D eigenvalue weighted by Crippen LogP contribution is -2.35. The van der Waals surface area contributed by atoms with Crippen LogP contribution >= 0.6 is 15.9 Å². The second kappa shape index (κ2) is 4.91. The number of nitrogens with one attached hydrogen (secondary N) is 1. The van der Waals surface area contributed by atoms with E-state index in [0.717, 1.165) is 10.0 Å². The van der Waals surface area contributed by atoms with Gasteiger partial charge in [0.2, 0.25) is 0 Å². The Bertz CT molecular complexity index is 286. The van der Waals surface area contributed by atoms with Crippen molar-refractivity contribution >= 4 is 15.9 Å². The highest BCUT2D eigenvalue weighted by atomic mass is 79.9. The standard InChI is InChI=1S/C11H16BrNO/c1-3-11(14,8-13-2)9-4-6-10(12)7-5-9/h4-7,13-14H,3,8H2,1-2H3. The molecule has 1 rings (SSSR count). The Labute approximate surface area is 93.5 Å². The van der Waals surface area contributed by atoms with Crippen molar-refractivity contribution in [2.24, 2.45) is 0 Å². The van der Waals surface area contributed by atoms with Gasteiger partial charge in [-0.25, -0.2) is 0 Å². The van der Waals surface area contributed by atoms with Crippen LogP contribution in [0.4, 0.5) is 0 Å². The molecule has 2 nitrogen and oxygen atoms in total. The van der Waals surface area contributed by atoms with Gasteiger partial charge in [-0.05, 0) is 31.2 Å². The molecule has 14 heavy (non-hydrogen) atoms. The number of benzene rings is 1. The van der Waals surface area contributed by atoms with Crippen LogP contribution in [0.3, 0.4) is 0 Å². The zero-order chi connectivity index (χ0) is 10.6. The summed E-state index contributed by atoms with van der Waals surface area (Å²) in [4.78, 5) is 0. The molecule has 0 saturated heterocycles. The monoisotopic (exact) mass is 257 g/mol. The minimum Gasteiger partial charge on any atom is -0.384 e. The summed E-state index contributed by atoms with van der Waals surface area (Å²) < 4.78 is 1.03. The first kappa shape index (κ1) is 11.7. The fourth-order valence-corrected chi connectivity index (χ4v) is 1.75. The molecule has 0 aromatic heterocycles. The van der Waals surface area contributed by atoms with E-state index in [2.05, 4.69) is 21.2 Å². The van der Waals surface area contributed by atoms with Crippen molar-refractivity contribution in [2.75, 3.05) is 13.6 Å². The molecule has 0 bridgehead atoms. The lowest BCUT2D eigenvalue weighted by molar-refractivity contribution is 0.0346. The largest absolute Gasteiger partial charge is 0.384 e. The van der Waals surface area contributed by atoms with Crippen LogP contribution in [0.25, 0.3) is 0 Å². The molecule has 1 unspecified atom stereocenters. The first-order chi connectivity index (χ1) is 6.62. The van der Waals surface area contributed by atoms with E-state index in [1.807, 2.05) is 38.2 Å². The predicted octanol–water partition coefficient (Wildman–Crippen LogP) is 2.27. The minimum atomic E-state index is -0.755. The van der Waals surface area contributed by atoms with Gasteiger partial charge in [0.25, 0.3) is 0 Å². The maximum atomic E-state index is 10.3. The van der Waals surface area contributed by atoms with Gasteiger partial charge in [0.15, 0.2) is 0 Å². The van der Waals surface area contributed by atoms with Crippen molar-refractivity contribution in [3.05, 3.63) is 34.3 Å². The lowest BCUT2D eigenvalue weighted by Gasteiger charge is -2.27. The smallest absolute Gasteiger partial charge is 0.102 e. The van der Waals surface area contributed by atoms with Gasteiger partial charge in [0, 0.05) is 11.0 Å². The molecule has 1 atom stereocenters. The van der Waals surface area contributed by atoms with E-state index in [9.17, 15) is 5.11 Å². The number of halogens is 1. The molecule has 2 N–H and O–H groups in total. The van der Waals surface area contributed by atoms with E-state index in [-0.39, 0.29) is 0 Å². The van der Waals surface area contributed by atoms with Crippen LogP contribution in [-0.4, -0.2) is 18.7 Å². The third-order valence-electron chi connectivity index (χ3n) is 2.44. The first-order valence-corrected chi connectivity index (χ1v) is 5.54. The van der Waals surface area contributed by atoms with Crippen LogP contribution in [0.1, 0.15) is 18.9 Å². The minimum absolute atomic E-state index is 0.575. The summed E-state index contributed by atoms with van der Waals surface area (Å²) >= 11 is 3.38. The molecule has 0 heterocycles. The fraction of sp³-hybridized carbons (Fsp3) is 0.455. The summed E-state index contributed by atoms with van der Waals surface area (Å²) in [7, 11) is 1.85. The van der Waals surface area contributed by atoms with E-state index < -0.39 is 5.60 Å². The van der Waals surface area contributed by atoms with Gasteiger partial charge in [0.05, 0.1) is 0 Å². The van der Waals surface area contributed by atoms with E-state index in [1.165, 1.54) is 0 Å². The topological polar surface area (TPSA) is 32.3 Å². The lowest BCUT2D eigenvalue weighted by atomic mass is 9.91. The second-order valence-corrected chi connectivity index (χ2v) is 4.34. The quantitative estimate of drug-likeness (QED) is 0.868. The Balaban J connectivity index is 2.94. The molecular weight excluding hydrogens is 242 g/mol. The third kappa shape index (κ3) is 2.56. The summed E-state index contributed by atoms with van der Waals surface area (Å²) in [5.41, 5.74) is 0.202. The maximum absolute atomic E-state index is 10.3. The maximum Gasteiger partial charge on any atom is 0.102 e. The van der Waals surface area contributed by atoms with Crippen molar-refractivity contribution in [1.82, 2.24) is 5.32 Å². The van der Waals surface area contributed by atoms with Crippen LogP contribution in [0.5, 0.6) is 0 Å². The average molecular weight is 258 g/mol. The van der Waals surface area contributed by atoms with E-state index in [1.54, 1.807) is 0 Å². The Kier molecular flexibility index (Phi) is 4.11. The number of likely N-dealkylation sites (N-methyl/N-ethyl adjacent to an activating group) is 1. The summed E-state index contributed by atoms with van der Waals surface area (Å²) in [6.45, 7) is 2.56. The van der Waals surface area contributed by atoms with Gasteiger partial charge >= 0.3 is 0 Å². The van der Waals surface area contributed by atoms with Crippen molar-refractivity contribution in [1.29, 1.82) is 0 Å². The molecule has 0 aliphatic heterocycles. The molecule has 0 aliphatic rings. The average Bonchev–Trinajstić information content (AvgIpc) is 2.19. The summed E-state index contributed by atoms with van der Waals surface area (Å²) in [5, 5.41) is 13.3. The molecule has 0 radical (unpaired) electrons. The zero-order valence-corrected chi connectivity index (χ0v) is 10.1. The van der Waals surface area contributed by atoms with Gasteiger partial charge in [-0.2, -0.15) is 0 Å². The van der Waals surface area contributed by atoms with Gasteiger partial charge < -0.3 is 10.4 Å². The molecule has 0 aliphatic carbocycles.